The molecule has 0 saturated carbocycles. The zero-order chi connectivity index (χ0) is 25.2. The maximum absolute atomic E-state index is 5.70. The van der Waals surface area contributed by atoms with E-state index in [9.17, 15) is 0 Å². The van der Waals surface area contributed by atoms with Gasteiger partial charge in [-0.25, -0.2) is 9.67 Å². The van der Waals surface area contributed by atoms with E-state index in [1.54, 1.807) is 19.0 Å². The van der Waals surface area contributed by atoms with Crippen molar-refractivity contribution in [3.63, 3.8) is 0 Å². The summed E-state index contributed by atoms with van der Waals surface area (Å²) in [5.74, 6) is 1.31. The quantitative estimate of drug-likeness (QED) is 0.436. The lowest BCUT2D eigenvalue weighted by molar-refractivity contribution is 0.213. The van der Waals surface area contributed by atoms with Crippen molar-refractivity contribution < 1.29 is 4.74 Å². The molecule has 0 bridgehead atoms. The molecule has 0 radical (unpaired) electrons. The van der Waals surface area contributed by atoms with Crippen molar-refractivity contribution in [3.8, 4) is 22.7 Å². The van der Waals surface area contributed by atoms with Crippen LogP contribution in [0.2, 0.25) is 0 Å². The Balaban J connectivity index is 1.21. The van der Waals surface area contributed by atoms with Crippen LogP contribution in [0.3, 0.4) is 0 Å². The molecule has 1 fully saturated rings. The van der Waals surface area contributed by atoms with Gasteiger partial charge < -0.3 is 9.30 Å². The van der Waals surface area contributed by atoms with E-state index in [0.717, 1.165) is 67.2 Å². The molecule has 7 heteroatoms. The average Bonchev–Trinajstić information content (AvgIpc) is 3.71. The Morgan fingerprint density at radius 2 is 2.05 bits per heavy atom. The minimum atomic E-state index is 0.321. The van der Waals surface area contributed by atoms with Gasteiger partial charge in [-0.1, -0.05) is 59.4 Å². The summed E-state index contributed by atoms with van der Waals surface area (Å²) in [5, 5.41) is 9.11. The summed E-state index contributed by atoms with van der Waals surface area (Å²) in [6, 6.07) is 6.92. The normalized spacial score (nSPS) is 22.4. The van der Waals surface area contributed by atoms with Gasteiger partial charge in [-0.05, 0) is 50.7 Å². The van der Waals surface area contributed by atoms with Crippen LogP contribution in [0.4, 0.5) is 0 Å². The molecule has 0 N–H and O–H groups in total. The number of likely N-dealkylation sites (tertiary alicyclic amines) is 1. The Kier molecular flexibility index (Phi) is 6.62. The first-order chi connectivity index (χ1) is 18.2. The smallest absolute Gasteiger partial charge is 0.143 e. The van der Waals surface area contributed by atoms with Crippen molar-refractivity contribution in [1.82, 2.24) is 29.4 Å². The fourth-order valence-corrected chi connectivity index (χ4v) is 5.91. The van der Waals surface area contributed by atoms with Crippen molar-refractivity contribution >= 4 is 0 Å². The van der Waals surface area contributed by atoms with Crippen molar-refractivity contribution in [2.24, 2.45) is 5.92 Å². The fraction of sp³-hybridized carbons (Fsp3) is 0.367. The van der Waals surface area contributed by atoms with Gasteiger partial charge in [0, 0.05) is 30.9 Å². The van der Waals surface area contributed by atoms with Gasteiger partial charge in [-0.2, -0.15) is 0 Å². The fourth-order valence-electron chi connectivity index (χ4n) is 5.91. The minimum absolute atomic E-state index is 0.321. The Bertz CT molecular complexity index is 1380. The minimum Gasteiger partial charge on any atom is -0.495 e. The molecular weight excluding hydrogens is 460 g/mol. The molecule has 0 amide bonds. The highest BCUT2D eigenvalue weighted by atomic mass is 16.5. The van der Waals surface area contributed by atoms with E-state index in [1.807, 2.05) is 23.8 Å². The molecule has 1 aromatic carbocycles. The van der Waals surface area contributed by atoms with E-state index >= 15 is 0 Å². The van der Waals surface area contributed by atoms with Crippen LogP contribution in [-0.2, 0) is 0 Å². The van der Waals surface area contributed by atoms with Crippen molar-refractivity contribution in [3.05, 3.63) is 90.7 Å². The lowest BCUT2D eigenvalue weighted by Gasteiger charge is -2.36. The van der Waals surface area contributed by atoms with Crippen LogP contribution >= 0.6 is 0 Å². The van der Waals surface area contributed by atoms with E-state index in [0.29, 0.717) is 18.0 Å². The maximum Gasteiger partial charge on any atom is 0.143 e. The SMILES string of the molecule is COc1cc(-c2cn(C3CCN(C(C4=CC=CCC4)C4C=CC=CC4)C3)nn2)ccc1-n1cnc(C)c1. The molecule has 2 aliphatic carbocycles. The second-order valence-corrected chi connectivity index (χ2v) is 10.2. The number of methoxy groups -OCH3 is 1. The molecule has 3 heterocycles. The zero-order valence-electron chi connectivity index (χ0n) is 21.6. The zero-order valence-corrected chi connectivity index (χ0v) is 21.6. The number of allylic oxidation sites excluding steroid dienone is 6. The largest absolute Gasteiger partial charge is 0.495 e. The average molecular weight is 495 g/mol. The molecule has 2 aromatic heterocycles. The molecule has 1 saturated heterocycles. The number of aryl methyl sites for hydroxylation is 1. The number of aromatic nitrogens is 5. The van der Waals surface area contributed by atoms with Crippen LogP contribution in [0, 0.1) is 12.8 Å². The first kappa shape index (κ1) is 23.7. The van der Waals surface area contributed by atoms with Gasteiger partial charge in [0.05, 0.1) is 37.1 Å². The van der Waals surface area contributed by atoms with E-state index in [-0.39, 0.29) is 0 Å². The van der Waals surface area contributed by atoms with Crippen LogP contribution in [-0.4, -0.2) is 55.7 Å². The van der Waals surface area contributed by atoms with E-state index < -0.39 is 0 Å². The molecular formula is C30H34N6O. The van der Waals surface area contributed by atoms with Crippen LogP contribution in [0.1, 0.15) is 37.4 Å². The van der Waals surface area contributed by atoms with Crippen molar-refractivity contribution in [1.29, 1.82) is 0 Å². The lowest BCUT2D eigenvalue weighted by atomic mass is 9.83. The number of hydrogen-bond acceptors (Lipinski definition) is 5. The van der Waals surface area contributed by atoms with Gasteiger partial charge in [0.2, 0.25) is 0 Å². The van der Waals surface area contributed by atoms with Gasteiger partial charge >= 0.3 is 0 Å². The standard InChI is InChI=1S/C30H34N6O/c1-22-18-35(21-31-22)28-14-13-25(17-29(28)37-2)27-20-36(33-32-27)26-15-16-34(19-26)30(23-9-5-3-6-10-23)24-11-7-4-8-12-24/h3-7,9,11,13-14,17-18,20-21,23,26,30H,8,10,12,15-16,19H2,1-2H3. The molecule has 1 aliphatic heterocycles. The van der Waals surface area contributed by atoms with Gasteiger partial charge in [-0.3, -0.25) is 4.90 Å². The second-order valence-electron chi connectivity index (χ2n) is 10.2. The third-order valence-corrected chi connectivity index (χ3v) is 7.78. The van der Waals surface area contributed by atoms with Gasteiger partial charge in [0.15, 0.2) is 0 Å². The number of nitrogens with zero attached hydrogens (tertiary/aromatic N) is 6. The van der Waals surface area contributed by atoms with Crippen LogP contribution in [0.15, 0.2) is 85.0 Å². The van der Waals surface area contributed by atoms with E-state index in [1.165, 1.54) is 0 Å². The molecule has 7 nitrogen and oxygen atoms in total. The first-order valence-electron chi connectivity index (χ1n) is 13.2. The van der Waals surface area contributed by atoms with Crippen molar-refractivity contribution in [2.45, 2.75) is 44.7 Å². The Labute approximate surface area is 218 Å². The van der Waals surface area contributed by atoms with Gasteiger partial charge in [0.1, 0.15) is 11.4 Å². The summed E-state index contributed by atoms with van der Waals surface area (Å²) in [4.78, 5) is 7.02. The van der Waals surface area contributed by atoms with E-state index in [4.69, 9.17) is 4.74 Å². The molecule has 37 heavy (non-hydrogen) atoms. The molecule has 190 valence electrons. The van der Waals surface area contributed by atoms with Crippen LogP contribution in [0.25, 0.3) is 16.9 Å². The first-order valence-corrected chi connectivity index (χ1v) is 13.2. The summed E-state index contributed by atoms with van der Waals surface area (Å²) >= 11 is 0. The number of benzene rings is 1. The topological polar surface area (TPSA) is 61.0 Å². The van der Waals surface area contributed by atoms with Crippen LogP contribution in [0.5, 0.6) is 5.75 Å². The molecule has 3 aromatic rings. The van der Waals surface area contributed by atoms with Gasteiger partial charge in [0.25, 0.3) is 0 Å². The highest BCUT2D eigenvalue weighted by Gasteiger charge is 2.35. The summed E-state index contributed by atoms with van der Waals surface area (Å²) in [6.45, 7) is 4.05. The van der Waals surface area contributed by atoms with Gasteiger partial charge in [-0.15, -0.1) is 5.10 Å². The summed E-state index contributed by atoms with van der Waals surface area (Å²) in [7, 11) is 1.70. The Hall–Kier alpha value is -3.71. The summed E-state index contributed by atoms with van der Waals surface area (Å²) < 4.78 is 9.75. The third-order valence-electron chi connectivity index (χ3n) is 7.78. The summed E-state index contributed by atoms with van der Waals surface area (Å²) in [5.41, 5.74) is 5.34. The number of ether oxygens (including phenoxy) is 1. The number of imidazole rings is 1. The second kappa shape index (κ2) is 10.3. The summed E-state index contributed by atoms with van der Waals surface area (Å²) in [6.07, 6.45) is 26.3. The number of hydrogen-bond donors (Lipinski definition) is 0. The Morgan fingerprint density at radius 3 is 2.81 bits per heavy atom. The monoisotopic (exact) mass is 494 g/mol. The maximum atomic E-state index is 5.70. The molecule has 0 spiro atoms. The number of rotatable bonds is 7. The lowest BCUT2D eigenvalue weighted by Crippen LogP contribution is -2.40. The van der Waals surface area contributed by atoms with Crippen LogP contribution < -0.4 is 4.74 Å². The highest BCUT2D eigenvalue weighted by molar-refractivity contribution is 5.64. The molecule has 3 unspecified atom stereocenters. The Morgan fingerprint density at radius 1 is 1.11 bits per heavy atom. The molecule has 3 atom stereocenters. The molecule has 3 aliphatic rings. The van der Waals surface area contributed by atoms with E-state index in [2.05, 4.69) is 85.7 Å². The predicted octanol–water partition coefficient (Wildman–Crippen LogP) is 5.47. The molecule has 6 rings (SSSR count). The highest BCUT2D eigenvalue weighted by Crippen LogP contribution is 2.35. The predicted molar refractivity (Wildman–Crippen MR) is 146 cm³/mol. The van der Waals surface area contributed by atoms with Crippen molar-refractivity contribution in [2.75, 3.05) is 20.2 Å². The third kappa shape index (κ3) is 4.83.